The second-order valence-electron chi connectivity index (χ2n) is 5.22. The molecule has 0 atom stereocenters. The van der Waals surface area contributed by atoms with Crippen LogP contribution in [0.3, 0.4) is 0 Å². The van der Waals surface area contributed by atoms with Gasteiger partial charge in [-0.1, -0.05) is 36.4 Å². The van der Waals surface area contributed by atoms with Crippen LogP contribution in [0.25, 0.3) is 0 Å². The monoisotopic (exact) mass is 314 g/mol. The molecule has 23 heavy (non-hydrogen) atoms. The Bertz CT molecular complexity index is 629. The normalized spacial score (nSPS) is 10.3. The number of carbonyl (C=O) groups excluding carboxylic acids is 1. The largest absolute Gasteiger partial charge is 0.487 e. The summed E-state index contributed by atoms with van der Waals surface area (Å²) in [7, 11) is 0. The molecular weight excluding hydrogens is 292 g/mol. The van der Waals surface area contributed by atoms with E-state index in [2.05, 4.69) is 5.32 Å². The van der Waals surface area contributed by atoms with Crippen molar-refractivity contribution in [2.75, 3.05) is 18.9 Å². The van der Waals surface area contributed by atoms with E-state index in [1.807, 2.05) is 48.5 Å². The quantitative estimate of drug-likeness (QED) is 0.650. The Labute approximate surface area is 136 Å². The number of ether oxygens (including phenoxy) is 1. The molecule has 0 aromatic heterocycles. The predicted molar refractivity (Wildman–Crippen MR) is 90.0 cm³/mol. The van der Waals surface area contributed by atoms with Crippen molar-refractivity contribution in [3.63, 3.8) is 0 Å². The molecule has 0 radical (unpaired) electrons. The molecule has 0 saturated carbocycles. The highest BCUT2D eigenvalue weighted by Crippen LogP contribution is 2.24. The Morgan fingerprint density at radius 1 is 1.13 bits per heavy atom. The van der Waals surface area contributed by atoms with Gasteiger partial charge in [0.2, 0.25) is 5.91 Å². The number of benzene rings is 2. The van der Waals surface area contributed by atoms with Gasteiger partial charge in [-0.3, -0.25) is 4.79 Å². The summed E-state index contributed by atoms with van der Waals surface area (Å²) in [4.78, 5) is 11.5. The number of rotatable bonds is 8. The zero-order valence-electron chi connectivity index (χ0n) is 13.0. The van der Waals surface area contributed by atoms with Gasteiger partial charge < -0.3 is 20.9 Å². The number of carbonyl (C=O) groups is 1. The predicted octanol–water partition coefficient (Wildman–Crippen LogP) is 1.89. The molecular formula is C18H22N2O3. The zero-order valence-corrected chi connectivity index (χ0v) is 13.0. The van der Waals surface area contributed by atoms with Gasteiger partial charge in [-0.15, -0.1) is 0 Å². The molecule has 2 aromatic carbocycles. The van der Waals surface area contributed by atoms with Crippen LogP contribution < -0.4 is 15.8 Å². The third-order valence-electron chi connectivity index (χ3n) is 3.39. The average molecular weight is 314 g/mol. The molecule has 1 amide bonds. The first-order chi connectivity index (χ1) is 11.2. The first kappa shape index (κ1) is 16.8. The summed E-state index contributed by atoms with van der Waals surface area (Å²) in [6.45, 7) is 0.702. The molecule has 0 fully saturated rings. The summed E-state index contributed by atoms with van der Waals surface area (Å²) in [5.74, 6) is 0.560. The van der Waals surface area contributed by atoms with E-state index in [0.29, 0.717) is 30.9 Å². The number of aryl methyl sites for hydroxylation is 1. The molecule has 0 heterocycles. The van der Waals surface area contributed by atoms with Crippen LogP contribution in [0.5, 0.6) is 5.75 Å². The first-order valence-electron chi connectivity index (χ1n) is 7.61. The van der Waals surface area contributed by atoms with Crippen LogP contribution in [0.4, 0.5) is 5.69 Å². The Morgan fingerprint density at radius 2 is 1.91 bits per heavy atom. The Morgan fingerprint density at radius 3 is 2.61 bits per heavy atom. The SMILES string of the molecule is Nc1cc(CCC(=O)NCCO)ccc1OCc1ccccc1. The number of anilines is 1. The lowest BCUT2D eigenvalue weighted by Gasteiger charge is -2.11. The standard InChI is InChI=1S/C18H22N2O3/c19-16-12-14(7-9-18(22)20-10-11-21)6-8-17(16)23-13-15-4-2-1-3-5-15/h1-6,8,12,21H,7,9-11,13,19H2,(H,20,22). The van der Waals surface area contributed by atoms with E-state index in [1.165, 1.54) is 0 Å². The van der Waals surface area contributed by atoms with Crippen LogP contribution in [0.15, 0.2) is 48.5 Å². The molecule has 122 valence electrons. The number of amides is 1. The molecule has 5 heteroatoms. The van der Waals surface area contributed by atoms with Gasteiger partial charge in [-0.05, 0) is 29.7 Å². The van der Waals surface area contributed by atoms with Gasteiger partial charge >= 0.3 is 0 Å². The Hall–Kier alpha value is -2.53. The number of aliphatic hydroxyl groups excluding tert-OH is 1. The van der Waals surface area contributed by atoms with Crippen molar-refractivity contribution in [2.45, 2.75) is 19.4 Å². The van der Waals surface area contributed by atoms with Gasteiger partial charge in [0.25, 0.3) is 0 Å². The van der Waals surface area contributed by atoms with Crippen molar-refractivity contribution >= 4 is 11.6 Å². The summed E-state index contributed by atoms with van der Waals surface area (Å²) < 4.78 is 5.72. The average Bonchev–Trinajstić information content (AvgIpc) is 2.58. The number of aliphatic hydroxyl groups is 1. The molecule has 0 aliphatic carbocycles. The van der Waals surface area contributed by atoms with Crippen molar-refractivity contribution in [3.05, 3.63) is 59.7 Å². The second-order valence-corrected chi connectivity index (χ2v) is 5.22. The zero-order chi connectivity index (χ0) is 16.5. The molecule has 5 nitrogen and oxygen atoms in total. The van der Waals surface area contributed by atoms with Crippen molar-refractivity contribution < 1.29 is 14.6 Å². The van der Waals surface area contributed by atoms with Gasteiger partial charge in [-0.2, -0.15) is 0 Å². The van der Waals surface area contributed by atoms with Gasteiger partial charge in [0.15, 0.2) is 0 Å². The minimum absolute atomic E-state index is 0.0495. The number of hydrogen-bond acceptors (Lipinski definition) is 4. The first-order valence-corrected chi connectivity index (χ1v) is 7.61. The molecule has 0 aliphatic heterocycles. The Balaban J connectivity index is 1.86. The van der Waals surface area contributed by atoms with Crippen LogP contribution in [0.2, 0.25) is 0 Å². The van der Waals surface area contributed by atoms with E-state index < -0.39 is 0 Å². The van der Waals surface area contributed by atoms with Crippen molar-refractivity contribution in [2.24, 2.45) is 0 Å². The van der Waals surface area contributed by atoms with Gasteiger partial charge in [0, 0.05) is 13.0 Å². The fraction of sp³-hybridized carbons (Fsp3) is 0.278. The Kier molecular flexibility index (Phi) is 6.44. The van der Waals surface area contributed by atoms with E-state index in [0.717, 1.165) is 11.1 Å². The lowest BCUT2D eigenvalue weighted by Crippen LogP contribution is -2.26. The molecule has 0 spiro atoms. The van der Waals surface area contributed by atoms with Gasteiger partial charge in [-0.25, -0.2) is 0 Å². The van der Waals surface area contributed by atoms with Gasteiger partial charge in [0.1, 0.15) is 12.4 Å². The summed E-state index contributed by atoms with van der Waals surface area (Å²) in [5, 5.41) is 11.3. The number of hydrogen-bond donors (Lipinski definition) is 3. The summed E-state index contributed by atoms with van der Waals surface area (Å²) >= 11 is 0. The fourth-order valence-electron chi connectivity index (χ4n) is 2.16. The minimum atomic E-state index is -0.0815. The van der Waals surface area contributed by atoms with E-state index in [9.17, 15) is 4.79 Å². The van der Waals surface area contributed by atoms with Gasteiger partial charge in [0.05, 0.1) is 12.3 Å². The van der Waals surface area contributed by atoms with Crippen LogP contribution >= 0.6 is 0 Å². The van der Waals surface area contributed by atoms with Crippen molar-refractivity contribution in [1.82, 2.24) is 5.32 Å². The molecule has 0 bridgehead atoms. The maximum atomic E-state index is 11.5. The van der Waals surface area contributed by atoms with Crippen LogP contribution in [0, 0.1) is 0 Å². The van der Waals surface area contributed by atoms with E-state index in [4.69, 9.17) is 15.6 Å². The summed E-state index contributed by atoms with van der Waals surface area (Å²) in [5.41, 5.74) is 8.64. The summed E-state index contributed by atoms with van der Waals surface area (Å²) in [6, 6.07) is 15.5. The fourth-order valence-corrected chi connectivity index (χ4v) is 2.16. The van der Waals surface area contributed by atoms with Crippen LogP contribution in [-0.4, -0.2) is 24.2 Å². The molecule has 2 aromatic rings. The number of nitrogens with two attached hydrogens (primary N) is 1. The second kappa shape index (κ2) is 8.80. The maximum Gasteiger partial charge on any atom is 0.220 e. The van der Waals surface area contributed by atoms with Crippen LogP contribution in [0.1, 0.15) is 17.5 Å². The molecule has 2 rings (SSSR count). The lowest BCUT2D eigenvalue weighted by molar-refractivity contribution is -0.121. The smallest absolute Gasteiger partial charge is 0.220 e. The number of nitrogen functional groups attached to an aromatic ring is 1. The topological polar surface area (TPSA) is 84.6 Å². The highest BCUT2D eigenvalue weighted by Gasteiger charge is 2.05. The third-order valence-corrected chi connectivity index (χ3v) is 3.39. The van der Waals surface area contributed by atoms with Crippen molar-refractivity contribution in [3.8, 4) is 5.75 Å². The van der Waals surface area contributed by atoms with E-state index >= 15 is 0 Å². The number of nitrogens with one attached hydrogen (secondary N) is 1. The van der Waals surface area contributed by atoms with E-state index in [-0.39, 0.29) is 19.1 Å². The minimum Gasteiger partial charge on any atom is -0.487 e. The van der Waals surface area contributed by atoms with E-state index in [1.54, 1.807) is 0 Å². The maximum absolute atomic E-state index is 11.5. The van der Waals surface area contributed by atoms with Crippen LogP contribution in [-0.2, 0) is 17.8 Å². The van der Waals surface area contributed by atoms with Crippen molar-refractivity contribution in [1.29, 1.82) is 0 Å². The molecule has 0 unspecified atom stereocenters. The highest BCUT2D eigenvalue weighted by atomic mass is 16.5. The summed E-state index contributed by atoms with van der Waals surface area (Å²) in [6.07, 6.45) is 0.962. The molecule has 0 saturated heterocycles. The lowest BCUT2D eigenvalue weighted by atomic mass is 10.1. The molecule has 0 aliphatic rings. The highest BCUT2D eigenvalue weighted by molar-refractivity contribution is 5.76. The molecule has 4 N–H and O–H groups in total. The third kappa shape index (κ3) is 5.64.